The number of ether oxygens (including phenoxy) is 2. The van der Waals surface area contributed by atoms with Crippen molar-refractivity contribution < 1.29 is 14.3 Å². The highest BCUT2D eigenvalue weighted by Crippen LogP contribution is 2.27. The fourth-order valence-electron chi connectivity index (χ4n) is 3.06. The first-order valence-corrected chi connectivity index (χ1v) is 10.7. The lowest BCUT2D eigenvalue weighted by Gasteiger charge is -2.15. The molecular formula is C26H29N3O3. The molecule has 2 aromatic carbocycles. The number of carbonyl (C=O) groups is 1. The van der Waals surface area contributed by atoms with Gasteiger partial charge in [0.2, 0.25) is 0 Å². The fraction of sp³-hybridized carbons (Fsp3) is 0.269. The van der Waals surface area contributed by atoms with Crippen molar-refractivity contribution in [3.63, 3.8) is 0 Å². The molecule has 3 aromatic rings. The van der Waals surface area contributed by atoms with Crippen LogP contribution in [0.3, 0.4) is 0 Å². The van der Waals surface area contributed by atoms with Gasteiger partial charge in [0.1, 0.15) is 11.5 Å². The van der Waals surface area contributed by atoms with E-state index in [9.17, 15) is 4.79 Å². The smallest absolute Gasteiger partial charge is 0.271 e. The van der Waals surface area contributed by atoms with Crippen LogP contribution in [0.15, 0.2) is 72.1 Å². The number of hydrazone groups is 1. The van der Waals surface area contributed by atoms with Gasteiger partial charge in [-0.05, 0) is 72.0 Å². The molecule has 0 radical (unpaired) electrons. The Balaban J connectivity index is 1.40. The molecule has 0 atom stereocenters. The highest BCUT2D eigenvalue weighted by Gasteiger charge is 2.08. The minimum atomic E-state index is -0.281. The summed E-state index contributed by atoms with van der Waals surface area (Å²) in [6, 6.07) is 17.1. The third-order valence-electron chi connectivity index (χ3n) is 4.81. The number of hydrogen-bond acceptors (Lipinski definition) is 5. The van der Waals surface area contributed by atoms with Crippen LogP contribution in [-0.2, 0) is 0 Å². The van der Waals surface area contributed by atoms with E-state index in [1.807, 2.05) is 24.3 Å². The largest absolute Gasteiger partial charge is 0.493 e. The molecule has 32 heavy (non-hydrogen) atoms. The summed E-state index contributed by atoms with van der Waals surface area (Å²) in [6.45, 7) is 7.58. The summed E-state index contributed by atoms with van der Waals surface area (Å²) < 4.78 is 11.8. The third-order valence-corrected chi connectivity index (χ3v) is 4.81. The number of nitrogens with zero attached hydrogens (tertiary/aromatic N) is 2. The maximum absolute atomic E-state index is 11.9. The minimum absolute atomic E-state index is 0.281. The van der Waals surface area contributed by atoms with Gasteiger partial charge in [-0.2, -0.15) is 5.10 Å². The molecule has 0 aliphatic heterocycles. The Kier molecular flexibility index (Phi) is 8.37. The average molecular weight is 432 g/mol. The Labute approximate surface area is 189 Å². The summed E-state index contributed by atoms with van der Waals surface area (Å²) in [5.74, 6) is 1.88. The lowest BCUT2D eigenvalue weighted by Crippen LogP contribution is -2.17. The van der Waals surface area contributed by atoms with E-state index >= 15 is 0 Å². The number of aromatic nitrogens is 1. The van der Waals surface area contributed by atoms with Crippen LogP contribution in [0, 0.1) is 6.92 Å². The van der Waals surface area contributed by atoms with Crippen LogP contribution in [0.2, 0.25) is 0 Å². The molecule has 0 bridgehead atoms. The number of aryl methyl sites for hydroxylation is 1. The van der Waals surface area contributed by atoms with Crippen molar-refractivity contribution in [3.8, 4) is 11.5 Å². The van der Waals surface area contributed by atoms with Gasteiger partial charge in [0.15, 0.2) is 0 Å². The van der Waals surface area contributed by atoms with Crippen LogP contribution < -0.4 is 14.9 Å². The molecule has 3 rings (SSSR count). The standard InChI is InChI=1S/C26H29N3O3/c1-19(2)24-10-5-20(3)17-25(24)32-16-4-15-31-23-8-6-21(7-9-23)18-28-29-26(30)22-11-13-27-14-12-22/h5-14,17-19H,4,15-16H2,1-3H3,(H,29,30)/b28-18+. The Bertz CT molecular complexity index is 1030. The van der Waals surface area contributed by atoms with Crippen molar-refractivity contribution >= 4 is 12.1 Å². The number of pyridine rings is 1. The van der Waals surface area contributed by atoms with Gasteiger partial charge in [-0.1, -0.05) is 26.0 Å². The summed E-state index contributed by atoms with van der Waals surface area (Å²) in [4.78, 5) is 15.8. The summed E-state index contributed by atoms with van der Waals surface area (Å²) in [5.41, 5.74) is 6.28. The Morgan fingerprint density at radius 1 is 1.03 bits per heavy atom. The highest BCUT2D eigenvalue weighted by atomic mass is 16.5. The van der Waals surface area contributed by atoms with Gasteiger partial charge in [-0.3, -0.25) is 9.78 Å². The van der Waals surface area contributed by atoms with Crippen LogP contribution >= 0.6 is 0 Å². The number of benzene rings is 2. The molecule has 0 saturated heterocycles. The van der Waals surface area contributed by atoms with Crippen molar-refractivity contribution in [2.45, 2.75) is 33.1 Å². The average Bonchev–Trinajstić information content (AvgIpc) is 2.80. The summed E-state index contributed by atoms with van der Waals surface area (Å²) in [5, 5.41) is 3.99. The van der Waals surface area contributed by atoms with Crippen LogP contribution in [0.4, 0.5) is 0 Å². The zero-order valence-electron chi connectivity index (χ0n) is 18.7. The minimum Gasteiger partial charge on any atom is -0.493 e. The topological polar surface area (TPSA) is 72.8 Å². The number of carbonyl (C=O) groups excluding carboxylic acids is 1. The summed E-state index contributed by atoms with van der Waals surface area (Å²) >= 11 is 0. The summed E-state index contributed by atoms with van der Waals surface area (Å²) in [6.07, 6.45) is 5.50. The van der Waals surface area contributed by atoms with Gasteiger partial charge in [0.05, 0.1) is 19.4 Å². The Morgan fingerprint density at radius 2 is 1.75 bits per heavy atom. The zero-order chi connectivity index (χ0) is 22.8. The molecular weight excluding hydrogens is 402 g/mol. The Hall–Kier alpha value is -3.67. The van der Waals surface area contributed by atoms with Gasteiger partial charge in [0, 0.05) is 24.4 Å². The highest BCUT2D eigenvalue weighted by molar-refractivity contribution is 5.94. The molecule has 0 aliphatic carbocycles. The summed E-state index contributed by atoms with van der Waals surface area (Å²) in [7, 11) is 0. The van der Waals surface area contributed by atoms with Gasteiger partial charge in [0.25, 0.3) is 5.91 Å². The van der Waals surface area contributed by atoms with Crippen LogP contribution in [0.5, 0.6) is 11.5 Å². The van der Waals surface area contributed by atoms with E-state index in [4.69, 9.17) is 9.47 Å². The third kappa shape index (κ3) is 6.94. The molecule has 1 N–H and O–H groups in total. The van der Waals surface area contributed by atoms with E-state index in [0.29, 0.717) is 24.7 Å². The van der Waals surface area contributed by atoms with Crippen LogP contribution in [-0.4, -0.2) is 30.3 Å². The van der Waals surface area contributed by atoms with Gasteiger partial charge >= 0.3 is 0 Å². The molecule has 1 heterocycles. The van der Waals surface area contributed by atoms with Crippen LogP contribution in [0.1, 0.15) is 53.2 Å². The Morgan fingerprint density at radius 3 is 2.47 bits per heavy atom. The van der Waals surface area contributed by atoms with Crippen molar-refractivity contribution in [2.24, 2.45) is 5.10 Å². The lowest BCUT2D eigenvalue weighted by atomic mass is 10.0. The van der Waals surface area contributed by atoms with E-state index < -0.39 is 0 Å². The fourth-order valence-corrected chi connectivity index (χ4v) is 3.06. The maximum atomic E-state index is 11.9. The SMILES string of the molecule is Cc1ccc(C(C)C)c(OCCCOc2ccc(/C=N/NC(=O)c3ccncc3)cc2)c1. The van der Waals surface area contributed by atoms with E-state index in [2.05, 4.69) is 54.5 Å². The van der Waals surface area contributed by atoms with Crippen molar-refractivity contribution in [3.05, 3.63) is 89.2 Å². The van der Waals surface area contributed by atoms with Gasteiger partial charge in [-0.25, -0.2) is 5.43 Å². The first kappa shape index (κ1) is 23.0. The second-order valence-corrected chi connectivity index (χ2v) is 7.75. The normalized spacial score (nSPS) is 11.0. The van der Waals surface area contributed by atoms with E-state index in [1.165, 1.54) is 11.1 Å². The quantitative estimate of drug-likeness (QED) is 0.275. The number of amides is 1. The predicted octanol–water partition coefficient (Wildman–Crippen LogP) is 5.13. The number of nitrogens with one attached hydrogen (secondary N) is 1. The van der Waals surface area contributed by atoms with Gasteiger partial charge in [-0.15, -0.1) is 0 Å². The van der Waals surface area contributed by atoms with Crippen LogP contribution in [0.25, 0.3) is 0 Å². The van der Waals surface area contributed by atoms with E-state index in [1.54, 1.807) is 30.7 Å². The molecule has 6 nitrogen and oxygen atoms in total. The molecule has 0 fully saturated rings. The van der Waals surface area contributed by atoms with Crippen molar-refractivity contribution in [1.82, 2.24) is 10.4 Å². The molecule has 1 aromatic heterocycles. The molecule has 0 spiro atoms. The number of rotatable bonds is 10. The molecule has 0 saturated carbocycles. The molecule has 6 heteroatoms. The van der Waals surface area contributed by atoms with Gasteiger partial charge < -0.3 is 9.47 Å². The molecule has 166 valence electrons. The maximum Gasteiger partial charge on any atom is 0.271 e. The molecule has 0 unspecified atom stereocenters. The van der Waals surface area contributed by atoms with Crippen molar-refractivity contribution in [1.29, 1.82) is 0 Å². The zero-order valence-corrected chi connectivity index (χ0v) is 18.7. The molecule has 0 aliphatic rings. The first-order valence-electron chi connectivity index (χ1n) is 10.7. The lowest BCUT2D eigenvalue weighted by molar-refractivity contribution is 0.0955. The first-order chi connectivity index (χ1) is 15.5. The molecule has 1 amide bonds. The van der Waals surface area contributed by atoms with E-state index in [-0.39, 0.29) is 5.91 Å². The second-order valence-electron chi connectivity index (χ2n) is 7.75. The monoisotopic (exact) mass is 431 g/mol. The second kappa shape index (κ2) is 11.6. The predicted molar refractivity (Wildman–Crippen MR) is 127 cm³/mol. The van der Waals surface area contributed by atoms with E-state index in [0.717, 1.165) is 23.5 Å². The van der Waals surface area contributed by atoms with Crippen molar-refractivity contribution in [2.75, 3.05) is 13.2 Å². The number of hydrogen-bond donors (Lipinski definition) is 1.